The number of rotatable bonds is 7. The molecule has 0 bridgehead atoms. The number of carbonyl (C=O) groups excluding carboxylic acids is 2. The van der Waals surface area contributed by atoms with Gasteiger partial charge in [0.25, 0.3) is 5.91 Å². The van der Waals surface area contributed by atoms with Gasteiger partial charge in [0.1, 0.15) is 11.8 Å². The molecule has 2 unspecified atom stereocenters. The topological polar surface area (TPSA) is 95.9 Å². The van der Waals surface area contributed by atoms with Gasteiger partial charge in [0, 0.05) is 17.4 Å². The van der Waals surface area contributed by atoms with Crippen LogP contribution in [0.5, 0.6) is 5.75 Å². The zero-order valence-corrected chi connectivity index (χ0v) is 16.9. The first kappa shape index (κ1) is 21.1. The Labute approximate surface area is 163 Å². The molecule has 1 aromatic carbocycles. The van der Waals surface area contributed by atoms with Crippen LogP contribution in [0.15, 0.2) is 12.1 Å². The molecular formula is C19H26N2O5S. The molecule has 0 spiro atoms. The fraction of sp³-hybridized carbons (Fsp3) is 0.526. The Balaban J connectivity index is 2.18. The lowest BCUT2D eigenvalue weighted by Crippen LogP contribution is -2.49. The molecule has 1 aliphatic rings. The highest BCUT2D eigenvalue weighted by atomic mass is 32.2. The number of hydrogen-bond donors (Lipinski definition) is 2. The molecule has 2 amide bonds. The SMILES string of the molecule is CCC(C)NC(=O)C1CSCN1C(=O)c1cc(C)c(OCC(=O)O)c(C)c1. The maximum atomic E-state index is 13.0. The lowest BCUT2D eigenvalue weighted by molar-refractivity contribution is -0.139. The van der Waals surface area contributed by atoms with Crippen LogP contribution in [0.1, 0.15) is 41.8 Å². The molecule has 8 heteroatoms. The summed E-state index contributed by atoms with van der Waals surface area (Å²) in [5.41, 5.74) is 1.84. The van der Waals surface area contributed by atoms with Gasteiger partial charge in [-0.3, -0.25) is 9.59 Å². The number of ether oxygens (including phenoxy) is 1. The second kappa shape index (κ2) is 9.12. The first-order valence-electron chi connectivity index (χ1n) is 8.89. The van der Waals surface area contributed by atoms with Crippen LogP contribution < -0.4 is 10.1 Å². The maximum absolute atomic E-state index is 13.0. The van der Waals surface area contributed by atoms with Crippen molar-refractivity contribution in [1.29, 1.82) is 0 Å². The molecule has 2 N–H and O–H groups in total. The van der Waals surface area contributed by atoms with Gasteiger partial charge >= 0.3 is 5.97 Å². The molecule has 0 radical (unpaired) electrons. The van der Waals surface area contributed by atoms with Crippen LogP contribution >= 0.6 is 11.8 Å². The van der Waals surface area contributed by atoms with Gasteiger partial charge in [-0.1, -0.05) is 6.92 Å². The van der Waals surface area contributed by atoms with E-state index in [1.165, 1.54) is 0 Å². The molecule has 0 aliphatic carbocycles. The molecule has 27 heavy (non-hydrogen) atoms. The molecule has 0 aromatic heterocycles. The average molecular weight is 394 g/mol. The van der Waals surface area contributed by atoms with Gasteiger partial charge in [-0.25, -0.2) is 4.79 Å². The van der Waals surface area contributed by atoms with Crippen LogP contribution in [0.4, 0.5) is 0 Å². The lowest BCUT2D eigenvalue weighted by atomic mass is 10.0. The van der Waals surface area contributed by atoms with E-state index >= 15 is 0 Å². The van der Waals surface area contributed by atoms with Crippen LogP contribution in [-0.2, 0) is 9.59 Å². The van der Waals surface area contributed by atoms with Gasteiger partial charge in [-0.15, -0.1) is 11.8 Å². The van der Waals surface area contributed by atoms with E-state index < -0.39 is 18.6 Å². The van der Waals surface area contributed by atoms with Crippen molar-refractivity contribution in [2.45, 2.75) is 46.2 Å². The van der Waals surface area contributed by atoms with Gasteiger partial charge in [0.05, 0.1) is 5.88 Å². The summed E-state index contributed by atoms with van der Waals surface area (Å²) in [5.74, 6) is 0.116. The van der Waals surface area contributed by atoms with E-state index in [-0.39, 0.29) is 17.9 Å². The summed E-state index contributed by atoms with van der Waals surface area (Å²) in [6.07, 6.45) is 0.829. The highest BCUT2D eigenvalue weighted by Gasteiger charge is 2.35. The van der Waals surface area contributed by atoms with Gasteiger partial charge in [0.15, 0.2) is 6.61 Å². The lowest BCUT2D eigenvalue weighted by Gasteiger charge is -2.25. The Hall–Kier alpha value is -2.22. The first-order chi connectivity index (χ1) is 12.7. The van der Waals surface area contributed by atoms with E-state index in [2.05, 4.69) is 5.32 Å². The van der Waals surface area contributed by atoms with Crippen molar-refractivity contribution in [2.75, 3.05) is 18.2 Å². The number of thioether (sulfide) groups is 1. The normalized spacial score (nSPS) is 17.5. The third-order valence-electron chi connectivity index (χ3n) is 4.49. The van der Waals surface area contributed by atoms with Gasteiger partial charge in [0.2, 0.25) is 5.91 Å². The Morgan fingerprint density at radius 3 is 2.52 bits per heavy atom. The molecule has 1 saturated heterocycles. The van der Waals surface area contributed by atoms with Crippen LogP contribution in [0.3, 0.4) is 0 Å². The summed E-state index contributed by atoms with van der Waals surface area (Å²) in [7, 11) is 0. The van der Waals surface area contributed by atoms with E-state index in [1.54, 1.807) is 42.6 Å². The summed E-state index contributed by atoms with van der Waals surface area (Å²) in [4.78, 5) is 37.8. The number of hydrogen-bond acceptors (Lipinski definition) is 5. The predicted molar refractivity (Wildman–Crippen MR) is 104 cm³/mol. The Bertz CT molecular complexity index is 714. The van der Waals surface area contributed by atoms with Crippen molar-refractivity contribution >= 4 is 29.5 Å². The van der Waals surface area contributed by atoms with Crippen LogP contribution in [0.25, 0.3) is 0 Å². The van der Waals surface area contributed by atoms with Gasteiger partial charge < -0.3 is 20.1 Å². The summed E-state index contributed by atoms with van der Waals surface area (Å²) in [6, 6.07) is 2.94. The highest BCUT2D eigenvalue weighted by Crippen LogP contribution is 2.28. The Morgan fingerprint density at radius 1 is 1.33 bits per heavy atom. The standard InChI is InChI=1S/C19H26N2O5S/c1-5-13(4)20-18(24)15-9-27-10-21(15)19(25)14-6-11(2)17(12(3)7-14)26-8-16(22)23/h6-7,13,15H,5,8-10H2,1-4H3,(H,20,24)(H,22,23). The predicted octanol–water partition coefficient (Wildman–Crippen LogP) is 2.20. The fourth-order valence-electron chi connectivity index (χ4n) is 2.90. The zero-order chi connectivity index (χ0) is 20.1. The summed E-state index contributed by atoms with van der Waals surface area (Å²) >= 11 is 1.55. The highest BCUT2D eigenvalue weighted by molar-refractivity contribution is 7.99. The number of nitrogens with one attached hydrogen (secondary N) is 1. The molecule has 7 nitrogen and oxygen atoms in total. The maximum Gasteiger partial charge on any atom is 0.341 e. The monoisotopic (exact) mass is 394 g/mol. The van der Waals surface area contributed by atoms with E-state index in [4.69, 9.17) is 9.84 Å². The van der Waals surface area contributed by atoms with Crippen molar-refractivity contribution in [3.8, 4) is 5.75 Å². The smallest absolute Gasteiger partial charge is 0.341 e. The van der Waals surface area contributed by atoms with Crippen molar-refractivity contribution < 1.29 is 24.2 Å². The first-order valence-corrected chi connectivity index (χ1v) is 10.0. The van der Waals surface area contributed by atoms with Gasteiger partial charge in [-0.2, -0.15) is 0 Å². The number of amides is 2. The zero-order valence-electron chi connectivity index (χ0n) is 16.1. The number of carboxylic acids is 1. The fourth-order valence-corrected chi connectivity index (χ4v) is 4.06. The summed E-state index contributed by atoms with van der Waals surface area (Å²) in [6.45, 7) is 7.04. The molecule has 1 heterocycles. The van der Waals surface area contributed by atoms with Crippen molar-refractivity contribution in [3.05, 3.63) is 28.8 Å². The largest absolute Gasteiger partial charge is 0.481 e. The molecule has 1 aliphatic heterocycles. The Kier molecular flexibility index (Phi) is 7.12. The third kappa shape index (κ3) is 5.15. The van der Waals surface area contributed by atoms with E-state index in [0.717, 1.165) is 6.42 Å². The molecule has 1 aromatic rings. The molecular weight excluding hydrogens is 368 g/mol. The molecule has 0 saturated carbocycles. The summed E-state index contributed by atoms with van der Waals surface area (Å²) in [5, 5.41) is 11.7. The molecule has 148 valence electrons. The minimum absolute atomic E-state index is 0.0650. The minimum Gasteiger partial charge on any atom is -0.481 e. The second-order valence-corrected chi connectivity index (χ2v) is 7.73. The van der Waals surface area contributed by atoms with Crippen molar-refractivity contribution in [3.63, 3.8) is 0 Å². The van der Waals surface area contributed by atoms with E-state index in [0.29, 0.717) is 34.1 Å². The quantitative estimate of drug-likeness (QED) is 0.736. The van der Waals surface area contributed by atoms with Gasteiger partial charge in [-0.05, 0) is 50.5 Å². The minimum atomic E-state index is -1.06. The van der Waals surface area contributed by atoms with Crippen LogP contribution in [-0.4, -0.2) is 58.1 Å². The molecule has 2 rings (SSSR count). The van der Waals surface area contributed by atoms with Crippen LogP contribution in [0.2, 0.25) is 0 Å². The number of aryl methyl sites for hydroxylation is 2. The molecule has 2 atom stereocenters. The number of carboxylic acid groups (broad SMARTS) is 1. The Morgan fingerprint density at radius 2 is 1.96 bits per heavy atom. The van der Waals surface area contributed by atoms with Crippen molar-refractivity contribution in [2.24, 2.45) is 0 Å². The number of aliphatic carboxylic acids is 1. The second-order valence-electron chi connectivity index (χ2n) is 6.73. The number of carbonyl (C=O) groups is 3. The number of benzene rings is 1. The molecule has 1 fully saturated rings. The van der Waals surface area contributed by atoms with Crippen LogP contribution in [0, 0.1) is 13.8 Å². The average Bonchev–Trinajstić information content (AvgIpc) is 3.09. The van der Waals surface area contributed by atoms with Crippen molar-refractivity contribution in [1.82, 2.24) is 10.2 Å². The summed E-state index contributed by atoms with van der Waals surface area (Å²) < 4.78 is 5.31. The van der Waals surface area contributed by atoms with E-state index in [9.17, 15) is 14.4 Å². The third-order valence-corrected chi connectivity index (χ3v) is 5.51. The number of nitrogens with zero attached hydrogens (tertiary/aromatic N) is 1. The van der Waals surface area contributed by atoms with E-state index in [1.807, 2.05) is 13.8 Å².